The van der Waals surface area contributed by atoms with Gasteiger partial charge in [-0.1, -0.05) is 36.4 Å². The molecule has 7 heteroatoms. The lowest BCUT2D eigenvalue weighted by Gasteiger charge is -2.32. The van der Waals surface area contributed by atoms with Crippen molar-refractivity contribution in [2.24, 2.45) is 0 Å². The van der Waals surface area contributed by atoms with Crippen LogP contribution < -0.4 is 0 Å². The molecule has 0 saturated carbocycles. The van der Waals surface area contributed by atoms with Gasteiger partial charge in [0.1, 0.15) is 5.65 Å². The number of halogens is 3. The molecule has 0 atom stereocenters. The summed E-state index contributed by atoms with van der Waals surface area (Å²) in [6.07, 6.45) is -0.863. The number of nitrogens with one attached hydrogen (secondary N) is 1. The molecule has 0 amide bonds. The van der Waals surface area contributed by atoms with Crippen LogP contribution >= 0.6 is 0 Å². The van der Waals surface area contributed by atoms with Crippen LogP contribution in [0.4, 0.5) is 13.2 Å². The molecule has 1 saturated heterocycles. The molecular formula is C26H25F3N4. The molecule has 0 radical (unpaired) electrons. The summed E-state index contributed by atoms with van der Waals surface area (Å²) >= 11 is 0. The third-order valence-electron chi connectivity index (χ3n) is 6.32. The molecule has 1 fully saturated rings. The predicted molar refractivity (Wildman–Crippen MR) is 125 cm³/mol. The summed E-state index contributed by atoms with van der Waals surface area (Å²) in [4.78, 5) is 12.4. The number of likely N-dealkylation sites (N-methyl/N-ethyl adjacent to an activating group) is 1. The SMILES string of the molecule is CN1CCN(Cc2ccc(-c3cnc4[nH]cc(-c5cccc(C(F)(F)F)c5)c4c3)cc2)CC1. The summed E-state index contributed by atoms with van der Waals surface area (Å²) in [5.41, 5.74) is 4.44. The van der Waals surface area contributed by atoms with Crippen molar-refractivity contribution in [3.63, 3.8) is 0 Å². The largest absolute Gasteiger partial charge is 0.416 e. The van der Waals surface area contributed by atoms with Crippen LogP contribution in [0.3, 0.4) is 0 Å². The predicted octanol–water partition coefficient (Wildman–Crippen LogP) is 5.66. The third kappa shape index (κ3) is 4.65. The zero-order chi connectivity index (χ0) is 23.0. The Bertz CT molecular complexity index is 1250. The maximum absolute atomic E-state index is 13.2. The summed E-state index contributed by atoms with van der Waals surface area (Å²) in [7, 11) is 2.15. The Morgan fingerprint density at radius 2 is 1.67 bits per heavy atom. The van der Waals surface area contributed by atoms with Crippen molar-refractivity contribution in [2.45, 2.75) is 12.7 Å². The van der Waals surface area contributed by atoms with Crippen molar-refractivity contribution in [1.82, 2.24) is 19.8 Å². The number of fused-ring (bicyclic) bond motifs is 1. The number of hydrogen-bond donors (Lipinski definition) is 1. The molecule has 2 aromatic heterocycles. The van der Waals surface area contributed by atoms with Gasteiger partial charge in [0.25, 0.3) is 0 Å². The molecule has 0 spiro atoms. The van der Waals surface area contributed by atoms with E-state index in [-0.39, 0.29) is 0 Å². The third-order valence-corrected chi connectivity index (χ3v) is 6.32. The van der Waals surface area contributed by atoms with E-state index in [0.29, 0.717) is 16.8 Å². The summed E-state index contributed by atoms with van der Waals surface area (Å²) < 4.78 is 39.5. The molecule has 4 aromatic rings. The van der Waals surface area contributed by atoms with Crippen molar-refractivity contribution in [1.29, 1.82) is 0 Å². The number of nitrogens with zero attached hydrogens (tertiary/aromatic N) is 3. The van der Waals surface area contributed by atoms with Crippen LogP contribution in [0, 0.1) is 0 Å². The van der Waals surface area contributed by atoms with Crippen LogP contribution in [-0.2, 0) is 12.7 Å². The first-order valence-corrected chi connectivity index (χ1v) is 11.0. The highest BCUT2D eigenvalue weighted by Gasteiger charge is 2.30. The van der Waals surface area contributed by atoms with Crippen LogP contribution in [0.15, 0.2) is 67.0 Å². The Morgan fingerprint density at radius 3 is 2.39 bits per heavy atom. The van der Waals surface area contributed by atoms with Crippen molar-refractivity contribution < 1.29 is 13.2 Å². The van der Waals surface area contributed by atoms with E-state index in [9.17, 15) is 13.2 Å². The fraction of sp³-hybridized carbons (Fsp3) is 0.269. The summed E-state index contributed by atoms with van der Waals surface area (Å²) in [5, 5.41) is 0.799. The Balaban J connectivity index is 1.41. The summed E-state index contributed by atoms with van der Waals surface area (Å²) in [6, 6.07) is 15.9. The minimum atomic E-state index is -4.38. The van der Waals surface area contributed by atoms with E-state index < -0.39 is 11.7 Å². The van der Waals surface area contributed by atoms with E-state index in [0.717, 1.165) is 55.3 Å². The number of benzene rings is 2. The minimum Gasteiger partial charge on any atom is -0.346 e. The van der Waals surface area contributed by atoms with Crippen molar-refractivity contribution >= 4 is 11.0 Å². The average Bonchev–Trinajstić information content (AvgIpc) is 3.24. The monoisotopic (exact) mass is 450 g/mol. The molecule has 0 unspecified atom stereocenters. The highest BCUT2D eigenvalue weighted by atomic mass is 19.4. The highest BCUT2D eigenvalue weighted by Crippen LogP contribution is 2.35. The van der Waals surface area contributed by atoms with E-state index in [4.69, 9.17) is 0 Å². The molecule has 0 aliphatic carbocycles. The van der Waals surface area contributed by atoms with Crippen molar-refractivity contribution in [3.8, 4) is 22.3 Å². The topological polar surface area (TPSA) is 35.2 Å². The zero-order valence-corrected chi connectivity index (χ0v) is 18.4. The number of H-pyrrole nitrogens is 1. The van der Waals surface area contributed by atoms with Gasteiger partial charge in [-0.2, -0.15) is 13.2 Å². The van der Waals surface area contributed by atoms with Crippen LogP contribution in [-0.4, -0.2) is 53.0 Å². The molecule has 2 aromatic carbocycles. The molecule has 33 heavy (non-hydrogen) atoms. The standard InChI is InChI=1S/C26H25F3N4/c1-32-9-11-33(12-10-32)17-18-5-7-19(8-6-18)21-14-23-24(16-31-25(23)30-15-21)20-3-2-4-22(13-20)26(27,28)29/h2-8,13-16H,9-12,17H2,1H3,(H,30,31). The molecule has 170 valence electrons. The second-order valence-corrected chi connectivity index (χ2v) is 8.68. The van der Waals surface area contributed by atoms with Gasteiger partial charge < -0.3 is 9.88 Å². The number of pyridine rings is 1. The van der Waals surface area contributed by atoms with Crippen LogP contribution in [0.1, 0.15) is 11.1 Å². The summed E-state index contributed by atoms with van der Waals surface area (Å²) in [6.45, 7) is 5.27. The first-order valence-electron chi connectivity index (χ1n) is 11.0. The maximum Gasteiger partial charge on any atom is 0.416 e. The number of aromatic amines is 1. The highest BCUT2D eigenvalue weighted by molar-refractivity contribution is 5.95. The van der Waals surface area contributed by atoms with E-state index in [2.05, 4.69) is 51.1 Å². The Morgan fingerprint density at radius 1 is 0.909 bits per heavy atom. The molecule has 5 rings (SSSR count). The first kappa shape index (κ1) is 21.7. The lowest BCUT2D eigenvalue weighted by atomic mass is 10.00. The zero-order valence-electron chi connectivity index (χ0n) is 18.4. The number of hydrogen-bond acceptors (Lipinski definition) is 3. The van der Waals surface area contributed by atoms with Gasteiger partial charge in [-0.3, -0.25) is 4.90 Å². The quantitative estimate of drug-likeness (QED) is 0.436. The van der Waals surface area contributed by atoms with E-state index in [1.54, 1.807) is 18.5 Å². The smallest absolute Gasteiger partial charge is 0.346 e. The Hall–Kier alpha value is -3.16. The Kier molecular flexibility index (Phi) is 5.68. The van der Waals surface area contributed by atoms with Crippen LogP contribution in [0.5, 0.6) is 0 Å². The van der Waals surface area contributed by atoms with E-state index in [1.807, 2.05) is 6.07 Å². The van der Waals surface area contributed by atoms with Gasteiger partial charge in [-0.25, -0.2) is 4.98 Å². The van der Waals surface area contributed by atoms with E-state index >= 15 is 0 Å². The Labute approximate surface area is 190 Å². The van der Waals surface area contributed by atoms with Gasteiger partial charge in [0.2, 0.25) is 0 Å². The van der Waals surface area contributed by atoms with Gasteiger partial charge in [-0.15, -0.1) is 0 Å². The fourth-order valence-corrected chi connectivity index (χ4v) is 4.33. The van der Waals surface area contributed by atoms with Gasteiger partial charge >= 0.3 is 6.18 Å². The van der Waals surface area contributed by atoms with Crippen LogP contribution in [0.2, 0.25) is 0 Å². The van der Waals surface area contributed by atoms with Crippen LogP contribution in [0.25, 0.3) is 33.3 Å². The minimum absolute atomic E-state index is 0.512. The number of aromatic nitrogens is 2. The lowest BCUT2D eigenvalue weighted by Crippen LogP contribution is -2.43. The fourth-order valence-electron chi connectivity index (χ4n) is 4.33. The molecule has 3 heterocycles. The second-order valence-electron chi connectivity index (χ2n) is 8.68. The lowest BCUT2D eigenvalue weighted by molar-refractivity contribution is -0.137. The summed E-state index contributed by atoms with van der Waals surface area (Å²) in [5.74, 6) is 0. The number of alkyl halides is 3. The van der Waals surface area contributed by atoms with Gasteiger partial charge in [0, 0.05) is 61.6 Å². The maximum atomic E-state index is 13.2. The molecule has 1 aliphatic rings. The average molecular weight is 451 g/mol. The molecular weight excluding hydrogens is 425 g/mol. The van der Waals surface area contributed by atoms with Gasteiger partial charge in [0.15, 0.2) is 0 Å². The normalized spacial score (nSPS) is 15.9. The van der Waals surface area contributed by atoms with E-state index in [1.165, 1.54) is 17.7 Å². The first-order chi connectivity index (χ1) is 15.9. The molecule has 0 bridgehead atoms. The van der Waals surface area contributed by atoms with Crippen molar-refractivity contribution in [3.05, 3.63) is 78.1 Å². The van der Waals surface area contributed by atoms with Gasteiger partial charge in [-0.05, 0) is 41.9 Å². The second kappa shape index (κ2) is 8.65. The molecule has 1 aliphatic heterocycles. The number of rotatable bonds is 4. The van der Waals surface area contributed by atoms with Crippen molar-refractivity contribution in [2.75, 3.05) is 33.2 Å². The number of piperazine rings is 1. The molecule has 4 nitrogen and oxygen atoms in total. The molecule has 1 N–H and O–H groups in total. The van der Waals surface area contributed by atoms with Gasteiger partial charge in [0.05, 0.1) is 5.56 Å².